The van der Waals surface area contributed by atoms with Crippen LogP contribution in [0.25, 0.3) is 6.08 Å². The molecule has 0 bridgehead atoms. The molecule has 1 aliphatic carbocycles. The van der Waals surface area contributed by atoms with Crippen molar-refractivity contribution in [2.45, 2.75) is 32.6 Å². The predicted molar refractivity (Wildman–Crippen MR) is 86.1 cm³/mol. The van der Waals surface area contributed by atoms with Gasteiger partial charge >= 0.3 is 0 Å². The third-order valence-corrected chi connectivity index (χ3v) is 4.78. The molecule has 3 rings (SSSR count). The molecule has 2 heterocycles. The van der Waals surface area contributed by atoms with E-state index in [0.29, 0.717) is 5.56 Å². The Morgan fingerprint density at radius 1 is 1.29 bits per heavy atom. The summed E-state index contributed by atoms with van der Waals surface area (Å²) in [4.78, 5) is 28.5. The van der Waals surface area contributed by atoms with E-state index < -0.39 is 0 Å². The molecular formula is C17H17NO2S. The average molecular weight is 299 g/mol. The van der Waals surface area contributed by atoms with Gasteiger partial charge in [-0.15, -0.1) is 11.3 Å². The number of ketones is 1. The molecule has 0 atom stereocenters. The number of H-pyrrole nitrogens is 1. The molecular weight excluding hydrogens is 282 g/mol. The third-order valence-electron chi connectivity index (χ3n) is 3.94. The van der Waals surface area contributed by atoms with Crippen LogP contribution in [-0.4, -0.2) is 10.8 Å². The van der Waals surface area contributed by atoms with E-state index >= 15 is 0 Å². The monoisotopic (exact) mass is 299 g/mol. The molecule has 2 aromatic rings. The first-order chi connectivity index (χ1) is 10.2. The number of fused-ring (bicyclic) bond motifs is 1. The minimum Gasteiger partial charge on any atom is -0.326 e. The largest absolute Gasteiger partial charge is 0.326 e. The second-order valence-electron chi connectivity index (χ2n) is 5.33. The summed E-state index contributed by atoms with van der Waals surface area (Å²) in [6.45, 7) is 1.92. The average Bonchev–Trinajstić information content (AvgIpc) is 2.98. The lowest BCUT2D eigenvalue weighted by Gasteiger charge is -2.19. The summed E-state index contributed by atoms with van der Waals surface area (Å²) in [5.41, 5.74) is 3.11. The molecule has 3 nitrogen and oxygen atoms in total. The first kappa shape index (κ1) is 14.0. The van der Waals surface area contributed by atoms with Crippen molar-refractivity contribution in [3.05, 3.63) is 61.2 Å². The van der Waals surface area contributed by atoms with Crippen LogP contribution >= 0.6 is 11.3 Å². The first-order valence-electron chi connectivity index (χ1n) is 7.17. The number of carbonyl (C=O) groups excluding carboxylic acids is 1. The lowest BCUT2D eigenvalue weighted by Crippen LogP contribution is -2.24. The third kappa shape index (κ3) is 2.76. The standard InChI is InChI=1S/C17H17NO2S/c1-11-13-6-2-3-7-14(13)16(17(20)18-11)15(19)9-8-12-5-4-10-21-12/h4-5,8-10H,2-3,6-7H2,1H3,(H,18,20)/b9-8-. The maximum atomic E-state index is 12.4. The van der Waals surface area contributed by atoms with E-state index in [1.54, 1.807) is 17.4 Å². The fourth-order valence-electron chi connectivity index (χ4n) is 2.93. The van der Waals surface area contributed by atoms with Crippen molar-refractivity contribution < 1.29 is 4.79 Å². The van der Waals surface area contributed by atoms with Crippen LogP contribution in [0, 0.1) is 6.92 Å². The number of hydrogen-bond acceptors (Lipinski definition) is 3. The smallest absolute Gasteiger partial charge is 0.259 e. The van der Waals surface area contributed by atoms with Crippen molar-refractivity contribution in [2.75, 3.05) is 0 Å². The Morgan fingerprint density at radius 3 is 2.76 bits per heavy atom. The molecule has 0 unspecified atom stereocenters. The number of pyridine rings is 1. The number of aromatic nitrogens is 1. The molecule has 0 aliphatic heterocycles. The number of aryl methyl sites for hydroxylation is 1. The van der Waals surface area contributed by atoms with Crippen molar-refractivity contribution in [2.24, 2.45) is 0 Å². The lowest BCUT2D eigenvalue weighted by molar-refractivity contribution is 0.104. The topological polar surface area (TPSA) is 49.9 Å². The van der Waals surface area contributed by atoms with Gasteiger partial charge in [0.2, 0.25) is 0 Å². The Labute approximate surface area is 127 Å². The molecule has 0 saturated heterocycles. The zero-order valence-corrected chi connectivity index (χ0v) is 12.8. The van der Waals surface area contributed by atoms with E-state index in [-0.39, 0.29) is 11.3 Å². The molecule has 0 radical (unpaired) electrons. The van der Waals surface area contributed by atoms with Crippen LogP contribution < -0.4 is 5.56 Å². The molecule has 0 saturated carbocycles. The Kier molecular flexibility index (Phi) is 3.88. The SMILES string of the molecule is Cc1[nH]c(=O)c(C(=O)/C=C\c2cccs2)c2c1CCCC2. The molecule has 0 aromatic carbocycles. The molecule has 1 N–H and O–H groups in total. The van der Waals surface area contributed by atoms with E-state index in [1.807, 2.05) is 24.4 Å². The molecule has 1 aliphatic rings. The van der Waals surface area contributed by atoms with E-state index in [4.69, 9.17) is 0 Å². The minimum atomic E-state index is -0.256. The zero-order chi connectivity index (χ0) is 14.8. The number of allylic oxidation sites excluding steroid dienone is 1. The molecule has 2 aromatic heterocycles. The molecule has 4 heteroatoms. The van der Waals surface area contributed by atoms with E-state index in [1.165, 1.54) is 6.08 Å². The van der Waals surface area contributed by atoms with Crippen molar-refractivity contribution in [3.8, 4) is 0 Å². The highest BCUT2D eigenvalue weighted by atomic mass is 32.1. The molecule has 21 heavy (non-hydrogen) atoms. The Hall–Kier alpha value is -1.94. The van der Waals surface area contributed by atoms with E-state index in [2.05, 4.69) is 4.98 Å². The minimum absolute atomic E-state index is 0.192. The van der Waals surface area contributed by atoms with Gasteiger partial charge in [-0.3, -0.25) is 9.59 Å². The number of hydrogen-bond donors (Lipinski definition) is 1. The highest BCUT2D eigenvalue weighted by molar-refractivity contribution is 7.10. The second-order valence-corrected chi connectivity index (χ2v) is 6.31. The highest BCUT2D eigenvalue weighted by Crippen LogP contribution is 2.25. The number of carbonyl (C=O) groups is 1. The molecule has 0 amide bonds. The Morgan fingerprint density at radius 2 is 2.05 bits per heavy atom. The summed E-state index contributed by atoms with van der Waals surface area (Å²) in [5.74, 6) is -0.192. The Balaban J connectivity index is 2.02. The summed E-state index contributed by atoms with van der Waals surface area (Å²) < 4.78 is 0. The number of thiophene rings is 1. The normalized spacial score (nSPS) is 14.3. The van der Waals surface area contributed by atoms with Crippen LogP contribution in [0.1, 0.15) is 44.9 Å². The van der Waals surface area contributed by atoms with Crippen molar-refractivity contribution >= 4 is 23.2 Å². The predicted octanol–water partition coefficient (Wildman–Crippen LogP) is 3.52. The first-order valence-corrected chi connectivity index (χ1v) is 8.05. The summed E-state index contributed by atoms with van der Waals surface area (Å²) in [7, 11) is 0. The van der Waals surface area contributed by atoms with Gasteiger partial charge in [-0.05, 0) is 67.3 Å². The van der Waals surface area contributed by atoms with Crippen LogP contribution in [0.5, 0.6) is 0 Å². The van der Waals surface area contributed by atoms with Gasteiger partial charge in [0.15, 0.2) is 5.78 Å². The maximum Gasteiger partial charge on any atom is 0.259 e. The quantitative estimate of drug-likeness (QED) is 0.696. The summed E-state index contributed by atoms with van der Waals surface area (Å²) in [6, 6.07) is 3.89. The number of nitrogens with one attached hydrogen (secondary N) is 1. The van der Waals surface area contributed by atoms with Crippen LogP contribution in [-0.2, 0) is 12.8 Å². The van der Waals surface area contributed by atoms with Crippen LogP contribution in [0.4, 0.5) is 0 Å². The molecule has 108 valence electrons. The summed E-state index contributed by atoms with van der Waals surface area (Å²) >= 11 is 1.57. The second kappa shape index (κ2) is 5.82. The maximum absolute atomic E-state index is 12.4. The summed E-state index contributed by atoms with van der Waals surface area (Å²) in [6.07, 6.45) is 7.24. The van der Waals surface area contributed by atoms with Gasteiger partial charge in [0.1, 0.15) is 0 Å². The van der Waals surface area contributed by atoms with Gasteiger partial charge in [-0.25, -0.2) is 0 Å². The molecule has 0 fully saturated rings. The zero-order valence-electron chi connectivity index (χ0n) is 11.9. The highest BCUT2D eigenvalue weighted by Gasteiger charge is 2.21. The van der Waals surface area contributed by atoms with Crippen molar-refractivity contribution in [3.63, 3.8) is 0 Å². The van der Waals surface area contributed by atoms with E-state index in [0.717, 1.165) is 47.4 Å². The van der Waals surface area contributed by atoms with Gasteiger partial charge in [0.25, 0.3) is 5.56 Å². The fraction of sp³-hybridized carbons (Fsp3) is 0.294. The van der Waals surface area contributed by atoms with Gasteiger partial charge in [-0.1, -0.05) is 6.07 Å². The van der Waals surface area contributed by atoms with Gasteiger partial charge in [0.05, 0.1) is 5.56 Å². The van der Waals surface area contributed by atoms with E-state index in [9.17, 15) is 9.59 Å². The van der Waals surface area contributed by atoms with Gasteiger partial charge in [-0.2, -0.15) is 0 Å². The Bertz CT molecular complexity index is 754. The lowest BCUT2D eigenvalue weighted by atomic mass is 9.87. The molecule has 0 spiro atoms. The summed E-state index contributed by atoms with van der Waals surface area (Å²) in [5, 5.41) is 1.96. The van der Waals surface area contributed by atoms with Crippen molar-refractivity contribution in [1.29, 1.82) is 0 Å². The fourth-order valence-corrected chi connectivity index (χ4v) is 3.55. The van der Waals surface area contributed by atoms with Crippen LogP contribution in [0.2, 0.25) is 0 Å². The van der Waals surface area contributed by atoms with Crippen molar-refractivity contribution in [1.82, 2.24) is 4.98 Å². The number of rotatable bonds is 3. The number of aromatic amines is 1. The van der Waals surface area contributed by atoms with Gasteiger partial charge < -0.3 is 4.98 Å². The van der Waals surface area contributed by atoms with Crippen LogP contribution in [0.3, 0.4) is 0 Å². The van der Waals surface area contributed by atoms with Gasteiger partial charge in [0, 0.05) is 10.6 Å². The van der Waals surface area contributed by atoms with Crippen LogP contribution in [0.15, 0.2) is 28.4 Å².